The van der Waals surface area contributed by atoms with Gasteiger partial charge in [0, 0.05) is 57.4 Å². The fourth-order valence-corrected chi connectivity index (χ4v) is 3.69. The van der Waals surface area contributed by atoms with Crippen LogP contribution in [0.4, 0.5) is 5.69 Å². The summed E-state index contributed by atoms with van der Waals surface area (Å²) in [4.78, 5) is 63.2. The fourth-order valence-electron chi connectivity index (χ4n) is 3.69. The van der Waals surface area contributed by atoms with Crippen LogP contribution in [0.3, 0.4) is 0 Å². The molecule has 1 aromatic carbocycles. The highest BCUT2D eigenvalue weighted by Crippen LogP contribution is 2.17. The number of benzene rings is 1. The molecule has 2 aliphatic rings. The molecular weight excluding hydrogens is 420 g/mol. The molecule has 2 aromatic rings. The Hall–Kier alpha value is -4.09. The maximum Gasteiger partial charge on any atom is 0.274 e. The first-order chi connectivity index (χ1) is 15.3. The summed E-state index contributed by atoms with van der Waals surface area (Å²) >= 11 is 0. The number of hydrogen-bond acceptors (Lipinski definition) is 7. The zero-order chi connectivity index (χ0) is 22.8. The SMILES string of the molecule is O=C(CN1C(=O)CCC1=O)N1CCN(C(=O)c2ccn(-c3cccc([N+](=O)[O-])c3)n2)CC1. The minimum atomic E-state index is -0.505. The number of nitro groups is 1. The van der Waals surface area contributed by atoms with Gasteiger partial charge in [-0.2, -0.15) is 5.10 Å². The van der Waals surface area contributed by atoms with Crippen LogP contribution in [0, 0.1) is 10.1 Å². The fraction of sp³-hybridized carbons (Fsp3) is 0.350. The lowest BCUT2D eigenvalue weighted by molar-refractivity contribution is -0.384. The van der Waals surface area contributed by atoms with E-state index < -0.39 is 4.92 Å². The van der Waals surface area contributed by atoms with Crippen molar-refractivity contribution in [1.29, 1.82) is 0 Å². The summed E-state index contributed by atoms with van der Waals surface area (Å²) in [6, 6.07) is 7.45. The van der Waals surface area contributed by atoms with Gasteiger partial charge in [-0.25, -0.2) is 4.68 Å². The second kappa shape index (κ2) is 8.57. The summed E-state index contributed by atoms with van der Waals surface area (Å²) in [5.74, 6) is -1.31. The molecule has 1 aromatic heterocycles. The van der Waals surface area contributed by atoms with Crippen molar-refractivity contribution in [3.63, 3.8) is 0 Å². The van der Waals surface area contributed by atoms with Gasteiger partial charge in [-0.1, -0.05) is 6.07 Å². The van der Waals surface area contributed by atoms with E-state index in [9.17, 15) is 29.3 Å². The minimum absolute atomic E-state index is 0.0796. The number of carbonyl (C=O) groups is 4. The summed E-state index contributed by atoms with van der Waals surface area (Å²) in [6.07, 6.45) is 1.82. The van der Waals surface area contributed by atoms with Crippen molar-refractivity contribution in [3.8, 4) is 5.69 Å². The van der Waals surface area contributed by atoms with Gasteiger partial charge in [-0.3, -0.25) is 34.2 Å². The second-order valence-electron chi connectivity index (χ2n) is 7.47. The van der Waals surface area contributed by atoms with Crippen molar-refractivity contribution in [2.45, 2.75) is 12.8 Å². The third-order valence-corrected chi connectivity index (χ3v) is 5.48. The quantitative estimate of drug-likeness (QED) is 0.368. The van der Waals surface area contributed by atoms with Gasteiger partial charge in [0.1, 0.15) is 6.54 Å². The number of aromatic nitrogens is 2. The molecule has 0 unspecified atom stereocenters. The van der Waals surface area contributed by atoms with E-state index in [0.717, 1.165) is 4.90 Å². The van der Waals surface area contributed by atoms with Crippen molar-refractivity contribution in [3.05, 3.63) is 52.3 Å². The Morgan fingerprint density at radius 3 is 2.31 bits per heavy atom. The molecule has 0 N–H and O–H groups in total. The van der Waals surface area contributed by atoms with E-state index in [-0.39, 0.29) is 80.6 Å². The first-order valence-corrected chi connectivity index (χ1v) is 10.0. The van der Waals surface area contributed by atoms with Gasteiger partial charge in [-0.15, -0.1) is 0 Å². The van der Waals surface area contributed by atoms with Crippen LogP contribution in [0.1, 0.15) is 23.3 Å². The topological polar surface area (TPSA) is 139 Å². The Balaban J connectivity index is 1.35. The van der Waals surface area contributed by atoms with E-state index in [1.54, 1.807) is 17.2 Å². The molecule has 0 atom stereocenters. The van der Waals surface area contributed by atoms with Crippen LogP contribution in [0.5, 0.6) is 0 Å². The second-order valence-corrected chi connectivity index (χ2v) is 7.47. The van der Waals surface area contributed by atoms with E-state index in [4.69, 9.17) is 0 Å². The van der Waals surface area contributed by atoms with Gasteiger partial charge in [0.2, 0.25) is 17.7 Å². The largest absolute Gasteiger partial charge is 0.338 e. The molecular formula is C20H20N6O6. The molecule has 4 amide bonds. The number of carbonyl (C=O) groups excluding carboxylic acids is 4. The highest BCUT2D eigenvalue weighted by Gasteiger charge is 2.33. The Labute approximate surface area is 182 Å². The van der Waals surface area contributed by atoms with Gasteiger partial charge >= 0.3 is 0 Å². The van der Waals surface area contributed by atoms with Gasteiger partial charge in [0.25, 0.3) is 11.6 Å². The summed E-state index contributed by atoms with van der Waals surface area (Å²) in [7, 11) is 0. The molecule has 3 heterocycles. The predicted octanol–water partition coefficient (Wildman–Crippen LogP) is 0.214. The third-order valence-electron chi connectivity index (χ3n) is 5.48. The Kier molecular flexibility index (Phi) is 5.67. The molecule has 0 radical (unpaired) electrons. The number of nitro benzene ring substituents is 1. The van der Waals surface area contributed by atoms with Crippen LogP contribution in [-0.4, -0.2) is 85.8 Å². The lowest BCUT2D eigenvalue weighted by atomic mass is 10.2. The molecule has 12 heteroatoms. The Morgan fingerprint density at radius 2 is 1.66 bits per heavy atom. The van der Waals surface area contributed by atoms with Crippen LogP contribution in [-0.2, 0) is 14.4 Å². The average molecular weight is 440 g/mol. The van der Waals surface area contributed by atoms with Crippen molar-refractivity contribution < 1.29 is 24.1 Å². The molecule has 12 nitrogen and oxygen atoms in total. The average Bonchev–Trinajstić information content (AvgIpc) is 3.41. The van der Waals surface area contributed by atoms with Crippen LogP contribution in [0.2, 0.25) is 0 Å². The number of piperazine rings is 1. The van der Waals surface area contributed by atoms with Gasteiger partial charge in [0.05, 0.1) is 10.6 Å². The number of hydrogen-bond donors (Lipinski definition) is 0. The summed E-state index contributed by atoms with van der Waals surface area (Å²) < 4.78 is 1.39. The smallest absolute Gasteiger partial charge is 0.274 e. The van der Waals surface area contributed by atoms with E-state index in [1.165, 1.54) is 33.8 Å². The van der Waals surface area contributed by atoms with Gasteiger partial charge in [0.15, 0.2) is 5.69 Å². The zero-order valence-corrected chi connectivity index (χ0v) is 17.0. The molecule has 0 spiro atoms. The van der Waals surface area contributed by atoms with Gasteiger partial charge in [-0.05, 0) is 12.1 Å². The maximum atomic E-state index is 12.8. The van der Waals surface area contributed by atoms with E-state index in [2.05, 4.69) is 5.10 Å². The molecule has 2 saturated heterocycles. The lowest BCUT2D eigenvalue weighted by Crippen LogP contribution is -2.53. The van der Waals surface area contributed by atoms with Crippen molar-refractivity contribution >= 4 is 29.3 Å². The maximum absolute atomic E-state index is 12.8. The van der Waals surface area contributed by atoms with Gasteiger partial charge < -0.3 is 9.80 Å². The van der Waals surface area contributed by atoms with E-state index in [1.807, 2.05) is 0 Å². The first kappa shape index (κ1) is 21.2. The Bertz CT molecular complexity index is 1090. The monoisotopic (exact) mass is 440 g/mol. The number of amides is 4. The van der Waals surface area contributed by atoms with Crippen molar-refractivity contribution in [1.82, 2.24) is 24.5 Å². The predicted molar refractivity (Wildman–Crippen MR) is 109 cm³/mol. The number of rotatable bonds is 5. The highest BCUT2D eigenvalue weighted by molar-refractivity contribution is 6.04. The lowest BCUT2D eigenvalue weighted by Gasteiger charge is -2.35. The Morgan fingerprint density at radius 1 is 1.00 bits per heavy atom. The zero-order valence-electron chi connectivity index (χ0n) is 17.0. The minimum Gasteiger partial charge on any atom is -0.338 e. The number of imide groups is 1. The third kappa shape index (κ3) is 4.19. The summed E-state index contributed by atoms with van der Waals surface area (Å²) in [5, 5.41) is 15.2. The summed E-state index contributed by atoms with van der Waals surface area (Å²) in [6.45, 7) is 0.879. The number of nitrogens with zero attached hydrogens (tertiary/aromatic N) is 6. The summed E-state index contributed by atoms with van der Waals surface area (Å²) in [5.41, 5.74) is 0.563. The van der Waals surface area contributed by atoms with E-state index >= 15 is 0 Å². The molecule has 2 aliphatic heterocycles. The molecule has 32 heavy (non-hydrogen) atoms. The van der Waals surface area contributed by atoms with Crippen molar-refractivity contribution in [2.75, 3.05) is 32.7 Å². The molecule has 166 valence electrons. The first-order valence-electron chi connectivity index (χ1n) is 10.0. The number of non-ortho nitro benzene ring substituents is 1. The molecule has 4 rings (SSSR count). The standard InChI is InChI=1S/C20H20N6O6/c27-17-4-5-18(28)24(17)13-19(29)22-8-10-23(11-9-22)20(30)16-6-7-25(21-16)14-2-1-3-15(12-14)26(31)32/h1-3,6-7,12H,4-5,8-11,13H2. The number of likely N-dealkylation sites (tertiary alicyclic amines) is 1. The normalized spacial score (nSPS) is 16.6. The molecule has 0 aliphatic carbocycles. The highest BCUT2D eigenvalue weighted by atomic mass is 16.6. The molecule has 0 saturated carbocycles. The molecule has 0 bridgehead atoms. The van der Waals surface area contributed by atoms with Crippen LogP contribution >= 0.6 is 0 Å². The van der Waals surface area contributed by atoms with Crippen LogP contribution in [0.25, 0.3) is 5.69 Å². The van der Waals surface area contributed by atoms with E-state index in [0.29, 0.717) is 5.69 Å². The van der Waals surface area contributed by atoms with Crippen LogP contribution < -0.4 is 0 Å². The molecule has 2 fully saturated rings. The van der Waals surface area contributed by atoms with Crippen molar-refractivity contribution in [2.24, 2.45) is 0 Å². The van der Waals surface area contributed by atoms with Crippen LogP contribution in [0.15, 0.2) is 36.5 Å².